The van der Waals surface area contributed by atoms with Crippen LogP contribution in [0.25, 0.3) is 16.9 Å². The maximum Gasteiger partial charge on any atom is 0.433 e. The van der Waals surface area contributed by atoms with E-state index in [0.29, 0.717) is 44.8 Å². The molecule has 3 aromatic heterocycles. The van der Waals surface area contributed by atoms with Gasteiger partial charge >= 0.3 is 6.18 Å². The molecule has 2 N–H and O–H groups in total. The van der Waals surface area contributed by atoms with Gasteiger partial charge in [0.2, 0.25) is 5.95 Å². The molecule has 0 atom stereocenters. The molecule has 0 spiro atoms. The molecule has 1 aliphatic heterocycles. The Kier molecular flexibility index (Phi) is 14.1. The Morgan fingerprint density at radius 1 is 0.870 bits per heavy atom. The van der Waals surface area contributed by atoms with Crippen molar-refractivity contribution in [1.82, 2.24) is 34.5 Å². The smallest absolute Gasteiger partial charge is 0.378 e. The number of hydrogen-bond acceptors (Lipinski definition) is 11. The van der Waals surface area contributed by atoms with Gasteiger partial charge in [-0.25, -0.2) is 19.3 Å². The fraction of sp³-hybridized carbons (Fsp3) is 0.526. The van der Waals surface area contributed by atoms with Crippen LogP contribution < -0.4 is 21.1 Å². The van der Waals surface area contributed by atoms with Crippen LogP contribution in [0, 0.1) is 0 Å². The first kappa shape index (κ1) is 39.3. The highest BCUT2D eigenvalue weighted by molar-refractivity contribution is 5.77. The summed E-state index contributed by atoms with van der Waals surface area (Å²) in [4.78, 5) is 30.5. The van der Waals surface area contributed by atoms with Gasteiger partial charge in [0.1, 0.15) is 11.1 Å². The summed E-state index contributed by atoms with van der Waals surface area (Å²) in [6.45, 7) is 12.8. The fourth-order valence-corrected chi connectivity index (χ4v) is 6.80. The SMILES string of the molecule is C=CCn1c(=O)c2cnc(Nc3ccc(N4CCN(CCOCCOCCOCCNC5CCCCC5)CC4)cc3)nc2n1-c1cccc(C(F)(F)F)n1. The van der Waals surface area contributed by atoms with Crippen LogP contribution in [0.5, 0.6) is 0 Å². The number of rotatable bonds is 19. The van der Waals surface area contributed by atoms with E-state index in [-0.39, 0.29) is 29.3 Å². The average Bonchev–Trinajstić information content (AvgIpc) is 3.46. The van der Waals surface area contributed by atoms with E-state index >= 15 is 0 Å². The van der Waals surface area contributed by atoms with Crippen LogP contribution in [0.2, 0.25) is 0 Å². The molecule has 0 unspecified atom stereocenters. The first-order valence-electron chi connectivity index (χ1n) is 18.8. The molecule has 1 aromatic carbocycles. The van der Waals surface area contributed by atoms with E-state index in [1.54, 1.807) is 0 Å². The summed E-state index contributed by atoms with van der Waals surface area (Å²) in [6, 6.07) is 12.0. The minimum absolute atomic E-state index is 0.0319. The van der Waals surface area contributed by atoms with Gasteiger partial charge in [0, 0.05) is 62.9 Å². The van der Waals surface area contributed by atoms with Crippen LogP contribution >= 0.6 is 0 Å². The number of halogens is 3. The third-order valence-corrected chi connectivity index (χ3v) is 9.66. The van der Waals surface area contributed by atoms with Gasteiger partial charge in [-0.2, -0.15) is 18.2 Å². The van der Waals surface area contributed by atoms with Crippen molar-refractivity contribution in [3.63, 3.8) is 0 Å². The highest BCUT2D eigenvalue weighted by Gasteiger charge is 2.33. The first-order chi connectivity index (χ1) is 26.3. The zero-order valence-corrected chi connectivity index (χ0v) is 30.6. The number of allylic oxidation sites excluding steroid dienone is 1. The number of aromatic nitrogens is 5. The first-order valence-corrected chi connectivity index (χ1v) is 18.8. The molecular weight excluding hydrogens is 703 g/mol. The molecule has 1 aliphatic carbocycles. The number of fused-ring (bicyclic) bond motifs is 1. The van der Waals surface area contributed by atoms with Gasteiger partial charge < -0.3 is 29.7 Å². The lowest BCUT2D eigenvalue weighted by molar-refractivity contribution is -0.141. The molecule has 1 saturated carbocycles. The van der Waals surface area contributed by atoms with Crippen LogP contribution in [0.15, 0.2) is 66.1 Å². The van der Waals surface area contributed by atoms with E-state index in [2.05, 4.69) is 42.0 Å². The highest BCUT2D eigenvalue weighted by atomic mass is 19.4. The van der Waals surface area contributed by atoms with Crippen molar-refractivity contribution < 1.29 is 27.4 Å². The summed E-state index contributed by atoms with van der Waals surface area (Å²) in [5, 5.41) is 6.87. The average molecular weight is 754 g/mol. The third-order valence-electron chi connectivity index (χ3n) is 9.66. The number of ether oxygens (including phenoxy) is 3. The second kappa shape index (κ2) is 19.3. The molecule has 0 bridgehead atoms. The van der Waals surface area contributed by atoms with Gasteiger partial charge in [-0.15, -0.1) is 6.58 Å². The van der Waals surface area contributed by atoms with E-state index in [0.717, 1.165) is 57.6 Å². The van der Waals surface area contributed by atoms with Gasteiger partial charge in [0.25, 0.3) is 5.56 Å². The predicted octanol–water partition coefficient (Wildman–Crippen LogP) is 5.02. The number of hydrogen-bond donors (Lipinski definition) is 2. The Hall–Kier alpha value is -4.35. The fourth-order valence-electron chi connectivity index (χ4n) is 6.80. The van der Waals surface area contributed by atoms with Crippen LogP contribution in [0.3, 0.4) is 0 Å². The van der Waals surface area contributed by atoms with Crippen molar-refractivity contribution in [2.24, 2.45) is 0 Å². The van der Waals surface area contributed by atoms with Crippen molar-refractivity contribution >= 4 is 28.4 Å². The third kappa shape index (κ3) is 10.7. The Bertz CT molecular complexity index is 1840. The highest BCUT2D eigenvalue weighted by Crippen LogP contribution is 2.29. The molecule has 6 rings (SSSR count). The lowest BCUT2D eigenvalue weighted by atomic mass is 9.96. The van der Waals surface area contributed by atoms with Crippen molar-refractivity contribution in [1.29, 1.82) is 0 Å². The van der Waals surface area contributed by atoms with Crippen molar-refractivity contribution in [3.8, 4) is 5.82 Å². The van der Waals surface area contributed by atoms with E-state index in [1.165, 1.54) is 65.9 Å². The molecule has 292 valence electrons. The second-order valence-electron chi connectivity index (χ2n) is 13.4. The van der Waals surface area contributed by atoms with Crippen LogP contribution in [0.1, 0.15) is 37.8 Å². The zero-order valence-electron chi connectivity index (χ0n) is 30.6. The molecule has 2 aliphatic rings. The Morgan fingerprint density at radius 2 is 1.57 bits per heavy atom. The van der Waals surface area contributed by atoms with Crippen molar-refractivity contribution in [3.05, 3.63) is 77.4 Å². The Labute approximate surface area is 313 Å². The largest absolute Gasteiger partial charge is 0.433 e. The quantitative estimate of drug-likeness (QED) is 0.0992. The number of pyridine rings is 1. The van der Waals surface area contributed by atoms with E-state index in [4.69, 9.17) is 14.2 Å². The van der Waals surface area contributed by atoms with Crippen molar-refractivity contribution in [2.75, 3.05) is 89.1 Å². The second-order valence-corrected chi connectivity index (χ2v) is 13.4. The zero-order chi connectivity index (χ0) is 37.8. The summed E-state index contributed by atoms with van der Waals surface area (Å²) < 4.78 is 60.0. The van der Waals surface area contributed by atoms with Gasteiger partial charge in [0.15, 0.2) is 11.5 Å². The number of piperazine rings is 1. The Balaban J connectivity index is 0.916. The Morgan fingerprint density at radius 3 is 2.28 bits per heavy atom. The summed E-state index contributed by atoms with van der Waals surface area (Å²) >= 11 is 0. The van der Waals surface area contributed by atoms with E-state index < -0.39 is 17.4 Å². The van der Waals surface area contributed by atoms with E-state index in [1.807, 2.05) is 24.3 Å². The molecule has 0 amide bonds. The van der Waals surface area contributed by atoms with E-state index in [9.17, 15) is 18.0 Å². The molecule has 4 aromatic rings. The van der Waals surface area contributed by atoms with Crippen LogP contribution in [-0.4, -0.2) is 114 Å². The number of nitrogens with zero attached hydrogens (tertiary/aromatic N) is 7. The van der Waals surface area contributed by atoms with Crippen molar-refractivity contribution in [2.45, 2.75) is 50.9 Å². The van der Waals surface area contributed by atoms with Gasteiger partial charge in [-0.3, -0.25) is 9.69 Å². The summed E-state index contributed by atoms with van der Waals surface area (Å²) in [6.07, 6.45) is 4.79. The molecular formula is C38H50F3N9O4. The predicted molar refractivity (Wildman–Crippen MR) is 202 cm³/mol. The lowest BCUT2D eigenvalue weighted by Gasteiger charge is -2.36. The number of anilines is 3. The number of benzene rings is 1. The normalized spacial score (nSPS) is 15.9. The molecule has 2 fully saturated rings. The summed E-state index contributed by atoms with van der Waals surface area (Å²) in [5.74, 6) is 0.0753. The molecule has 0 radical (unpaired) electrons. The topological polar surface area (TPSA) is 124 Å². The van der Waals surface area contributed by atoms with Crippen LogP contribution in [-0.2, 0) is 26.9 Å². The molecule has 4 heterocycles. The monoisotopic (exact) mass is 753 g/mol. The molecule has 54 heavy (non-hydrogen) atoms. The lowest BCUT2D eigenvalue weighted by Crippen LogP contribution is -2.47. The standard InChI is InChI=1S/C38H50F3N9O4/c1-2-16-49-36(51)32-28-43-37(46-35(32)50(49)34-10-6-9-33(45-34)38(39,40)41)44-30-11-13-31(14-12-30)48-19-17-47(18-20-48)21-23-53-25-27-54-26-24-52-22-15-42-29-7-4-3-5-8-29/h2,6,9-14,28-29,42H,1,3-5,7-8,15-27H2,(H,43,44,46). The molecule has 16 heteroatoms. The minimum Gasteiger partial charge on any atom is -0.378 e. The molecule has 1 saturated heterocycles. The van der Waals surface area contributed by atoms with Gasteiger partial charge in [-0.1, -0.05) is 31.4 Å². The van der Waals surface area contributed by atoms with Gasteiger partial charge in [-0.05, 0) is 49.2 Å². The number of nitrogens with one attached hydrogen (secondary N) is 2. The van der Waals surface area contributed by atoms with Crippen LogP contribution in [0.4, 0.5) is 30.5 Å². The number of alkyl halides is 3. The summed E-state index contributed by atoms with van der Waals surface area (Å²) in [7, 11) is 0. The maximum atomic E-state index is 13.5. The van der Waals surface area contributed by atoms with Gasteiger partial charge in [0.05, 0.1) is 46.2 Å². The molecule has 13 nitrogen and oxygen atoms in total. The maximum absolute atomic E-state index is 13.5. The summed E-state index contributed by atoms with van der Waals surface area (Å²) in [5.41, 5.74) is 0.365. The minimum atomic E-state index is -4.66.